The number of alkyl halides is 1. The van der Waals surface area contributed by atoms with Crippen molar-refractivity contribution in [2.75, 3.05) is 6.67 Å². The summed E-state index contributed by atoms with van der Waals surface area (Å²) >= 11 is 0. The highest BCUT2D eigenvalue weighted by molar-refractivity contribution is 5.77. The summed E-state index contributed by atoms with van der Waals surface area (Å²) in [7, 11) is 0. The van der Waals surface area contributed by atoms with E-state index in [-0.39, 0.29) is 12.4 Å². The van der Waals surface area contributed by atoms with Crippen LogP contribution in [0.15, 0.2) is 40.9 Å². The first-order valence-corrected chi connectivity index (χ1v) is 5.27. The van der Waals surface area contributed by atoms with Crippen LogP contribution in [0.1, 0.15) is 18.9 Å². The summed E-state index contributed by atoms with van der Waals surface area (Å²) in [6.07, 6.45) is 3.99. The van der Waals surface area contributed by atoms with Gasteiger partial charge in [0.2, 0.25) is 0 Å². The highest BCUT2D eigenvalue weighted by Crippen LogP contribution is 2.38. The predicted octanol–water partition coefficient (Wildman–Crippen LogP) is 2.98. The van der Waals surface area contributed by atoms with Crippen LogP contribution in [0.3, 0.4) is 0 Å². The van der Waals surface area contributed by atoms with Crippen LogP contribution in [0.25, 0.3) is 0 Å². The Labute approximate surface area is 94.1 Å². The Morgan fingerprint density at radius 1 is 1.31 bits per heavy atom. The monoisotopic (exact) mass is 219 g/mol. The van der Waals surface area contributed by atoms with E-state index in [1.54, 1.807) is 18.3 Å². The van der Waals surface area contributed by atoms with Gasteiger partial charge in [-0.2, -0.15) is 0 Å². The first kappa shape index (κ1) is 10.9. The van der Waals surface area contributed by atoms with Crippen LogP contribution >= 0.6 is 0 Å². The van der Waals surface area contributed by atoms with Crippen molar-refractivity contribution in [2.24, 2.45) is 4.99 Å². The number of rotatable bonds is 3. The minimum atomic E-state index is -0.472. The lowest BCUT2D eigenvalue weighted by Gasteiger charge is -2.25. The van der Waals surface area contributed by atoms with E-state index in [2.05, 4.69) is 4.99 Å². The molecule has 3 heteroatoms. The fourth-order valence-corrected chi connectivity index (χ4v) is 2.00. The van der Waals surface area contributed by atoms with Gasteiger partial charge in [-0.3, -0.25) is 9.38 Å². The van der Waals surface area contributed by atoms with Crippen LogP contribution in [0.5, 0.6) is 5.75 Å². The molecule has 2 nitrogen and oxygen atoms in total. The maximum absolute atomic E-state index is 12.4. The van der Waals surface area contributed by atoms with E-state index < -0.39 is 5.54 Å². The molecule has 0 bridgehead atoms. The zero-order valence-corrected chi connectivity index (χ0v) is 9.15. The van der Waals surface area contributed by atoms with E-state index in [1.165, 1.54) is 0 Å². The van der Waals surface area contributed by atoms with Gasteiger partial charge in [-0.05, 0) is 42.7 Å². The number of benzene rings is 1. The molecule has 1 atom stereocenters. The fraction of sp³-hybridized carbons (Fsp3) is 0.308. The number of hydrogen-bond acceptors (Lipinski definition) is 2. The van der Waals surface area contributed by atoms with E-state index in [0.29, 0.717) is 6.42 Å². The van der Waals surface area contributed by atoms with E-state index in [1.807, 2.05) is 25.1 Å². The van der Waals surface area contributed by atoms with Crippen LogP contribution in [0.4, 0.5) is 4.39 Å². The molecule has 1 aliphatic rings. The second-order valence-corrected chi connectivity index (χ2v) is 4.03. The van der Waals surface area contributed by atoms with Crippen LogP contribution in [-0.4, -0.2) is 18.0 Å². The molecule has 2 rings (SSSR count). The number of halogens is 1. The quantitative estimate of drug-likeness (QED) is 0.832. The molecule has 0 spiro atoms. The van der Waals surface area contributed by atoms with Crippen LogP contribution in [0.2, 0.25) is 0 Å². The van der Waals surface area contributed by atoms with Crippen molar-refractivity contribution in [3.63, 3.8) is 0 Å². The normalized spacial score (nSPS) is 23.5. The molecular weight excluding hydrogens is 205 g/mol. The summed E-state index contributed by atoms with van der Waals surface area (Å²) in [6.45, 7) is 1.59. The molecule has 0 aromatic heterocycles. The first-order valence-electron chi connectivity index (χ1n) is 5.27. The SMILES string of the molecule is CC1(c2ccc(O)cc2)N=CC=C1CCF. The van der Waals surface area contributed by atoms with Crippen molar-refractivity contribution in [3.05, 3.63) is 41.5 Å². The van der Waals surface area contributed by atoms with E-state index in [9.17, 15) is 9.50 Å². The molecule has 1 heterocycles. The minimum Gasteiger partial charge on any atom is -0.508 e. The second kappa shape index (κ2) is 4.08. The Bertz CT molecular complexity index is 436. The second-order valence-electron chi connectivity index (χ2n) is 4.03. The average Bonchev–Trinajstić information content (AvgIpc) is 2.63. The first-order chi connectivity index (χ1) is 7.66. The minimum absolute atomic E-state index is 0.227. The third-order valence-electron chi connectivity index (χ3n) is 3.03. The van der Waals surface area contributed by atoms with Gasteiger partial charge < -0.3 is 5.11 Å². The lowest BCUT2D eigenvalue weighted by molar-refractivity contribution is 0.462. The molecule has 0 amide bonds. The van der Waals surface area contributed by atoms with E-state index in [4.69, 9.17) is 0 Å². The van der Waals surface area contributed by atoms with Crippen molar-refractivity contribution in [3.8, 4) is 5.75 Å². The van der Waals surface area contributed by atoms with Gasteiger partial charge in [0.05, 0.1) is 6.67 Å². The summed E-state index contributed by atoms with van der Waals surface area (Å²) in [5.74, 6) is 0.227. The average molecular weight is 219 g/mol. The van der Waals surface area contributed by atoms with Crippen molar-refractivity contribution in [2.45, 2.75) is 18.9 Å². The number of aromatic hydroxyl groups is 1. The molecule has 0 saturated carbocycles. The van der Waals surface area contributed by atoms with Gasteiger partial charge in [-0.25, -0.2) is 0 Å². The highest BCUT2D eigenvalue weighted by atomic mass is 19.1. The van der Waals surface area contributed by atoms with Gasteiger partial charge in [0.1, 0.15) is 11.3 Å². The predicted molar refractivity (Wildman–Crippen MR) is 62.6 cm³/mol. The van der Waals surface area contributed by atoms with Crippen LogP contribution in [0, 0.1) is 0 Å². The number of aliphatic imine (C=N–C) groups is 1. The Hall–Kier alpha value is -1.64. The molecule has 1 unspecified atom stereocenters. The fourth-order valence-electron chi connectivity index (χ4n) is 2.00. The molecule has 84 valence electrons. The molecular formula is C13H14FNO. The Morgan fingerprint density at radius 2 is 2.00 bits per heavy atom. The van der Waals surface area contributed by atoms with Gasteiger partial charge >= 0.3 is 0 Å². The number of nitrogens with zero attached hydrogens (tertiary/aromatic N) is 1. The molecule has 1 aromatic carbocycles. The van der Waals surface area contributed by atoms with Crippen LogP contribution < -0.4 is 0 Å². The summed E-state index contributed by atoms with van der Waals surface area (Å²) in [5, 5.41) is 9.24. The third-order valence-corrected chi connectivity index (χ3v) is 3.03. The zero-order chi connectivity index (χ0) is 11.6. The standard InChI is InChI=1S/C13H14FNO/c1-13(10-2-4-12(16)5-3-10)11(6-8-14)7-9-15-13/h2-5,7,9,16H,6,8H2,1H3. The van der Waals surface area contributed by atoms with E-state index in [0.717, 1.165) is 11.1 Å². The summed E-state index contributed by atoms with van der Waals surface area (Å²) in [6, 6.07) is 6.90. The number of phenolic OH excluding ortho intramolecular Hbond substituents is 1. The Balaban J connectivity index is 2.35. The molecule has 0 fully saturated rings. The summed E-state index contributed by atoms with van der Waals surface area (Å²) in [4.78, 5) is 4.40. The lowest BCUT2D eigenvalue weighted by Crippen LogP contribution is -2.20. The van der Waals surface area contributed by atoms with Gasteiger partial charge in [0.15, 0.2) is 0 Å². The van der Waals surface area contributed by atoms with Gasteiger partial charge in [0, 0.05) is 6.21 Å². The van der Waals surface area contributed by atoms with Gasteiger partial charge in [-0.15, -0.1) is 0 Å². The Morgan fingerprint density at radius 3 is 2.62 bits per heavy atom. The van der Waals surface area contributed by atoms with Crippen LogP contribution in [-0.2, 0) is 5.54 Å². The number of phenols is 1. The largest absolute Gasteiger partial charge is 0.508 e. The highest BCUT2D eigenvalue weighted by Gasteiger charge is 2.31. The molecule has 1 aromatic rings. The molecule has 0 aliphatic carbocycles. The molecule has 0 saturated heterocycles. The maximum atomic E-state index is 12.4. The van der Waals surface area contributed by atoms with Crippen molar-refractivity contribution < 1.29 is 9.50 Å². The molecule has 1 N–H and O–H groups in total. The Kier molecular flexibility index (Phi) is 2.77. The number of allylic oxidation sites excluding steroid dienone is 1. The zero-order valence-electron chi connectivity index (χ0n) is 9.15. The van der Waals surface area contributed by atoms with Crippen molar-refractivity contribution >= 4 is 6.21 Å². The van der Waals surface area contributed by atoms with Crippen molar-refractivity contribution in [1.29, 1.82) is 0 Å². The topological polar surface area (TPSA) is 32.6 Å². The third kappa shape index (κ3) is 1.73. The molecule has 1 aliphatic heterocycles. The van der Waals surface area contributed by atoms with Crippen molar-refractivity contribution in [1.82, 2.24) is 0 Å². The molecule has 16 heavy (non-hydrogen) atoms. The summed E-state index contributed by atoms with van der Waals surface area (Å²) in [5.41, 5.74) is 1.47. The van der Waals surface area contributed by atoms with E-state index >= 15 is 0 Å². The van der Waals surface area contributed by atoms with Gasteiger partial charge in [0.25, 0.3) is 0 Å². The molecule has 0 radical (unpaired) electrons. The maximum Gasteiger partial charge on any atom is 0.115 e. The summed E-state index contributed by atoms with van der Waals surface area (Å²) < 4.78 is 12.4. The number of hydrogen-bond donors (Lipinski definition) is 1. The van der Waals surface area contributed by atoms with Gasteiger partial charge in [-0.1, -0.05) is 12.1 Å². The lowest BCUT2D eigenvalue weighted by atomic mass is 9.84. The smallest absolute Gasteiger partial charge is 0.115 e.